The van der Waals surface area contributed by atoms with Gasteiger partial charge in [-0.05, 0) is 12.1 Å². The number of hydrogen-bond donors (Lipinski definition) is 0. The highest BCUT2D eigenvalue weighted by Crippen LogP contribution is 2.19. The van der Waals surface area contributed by atoms with Crippen molar-refractivity contribution in [2.75, 3.05) is 0 Å². The Morgan fingerprint density at radius 3 is 3.00 bits per heavy atom. The molecular formula is C10H8ClN5. The number of nitrogens with zero attached hydrogens (tertiary/aromatic N) is 5. The van der Waals surface area contributed by atoms with Crippen molar-refractivity contribution in [3.8, 4) is 0 Å². The van der Waals surface area contributed by atoms with Crippen molar-refractivity contribution >= 4 is 28.4 Å². The molecule has 0 aliphatic heterocycles. The average molecular weight is 234 g/mol. The quantitative estimate of drug-likeness (QED) is 0.644. The first-order valence-electron chi connectivity index (χ1n) is 4.95. The number of fused-ring (bicyclic) bond motifs is 3. The van der Waals surface area contributed by atoms with Gasteiger partial charge in [0.15, 0.2) is 16.4 Å². The Hall–Kier alpha value is -1.75. The molecule has 0 aliphatic carbocycles. The Balaban J connectivity index is 2.59. The standard InChI is InChI=1S/C10H8ClN5/c1-2-7-14-15-10-8(11)13-6-4-3-5-12-9(6)16(7)10/h3-5H,2H2,1H3. The van der Waals surface area contributed by atoms with Gasteiger partial charge in [0.25, 0.3) is 0 Å². The van der Waals surface area contributed by atoms with Gasteiger partial charge in [-0.1, -0.05) is 18.5 Å². The van der Waals surface area contributed by atoms with E-state index in [0.717, 1.165) is 23.4 Å². The molecule has 0 saturated carbocycles. The molecule has 16 heavy (non-hydrogen) atoms. The lowest BCUT2D eigenvalue weighted by Gasteiger charge is -2.02. The maximum Gasteiger partial charge on any atom is 0.200 e. The monoisotopic (exact) mass is 233 g/mol. The van der Waals surface area contributed by atoms with Crippen molar-refractivity contribution in [3.05, 3.63) is 29.3 Å². The maximum absolute atomic E-state index is 6.04. The van der Waals surface area contributed by atoms with Gasteiger partial charge in [0.1, 0.15) is 11.3 Å². The molecule has 0 bridgehead atoms. The first kappa shape index (κ1) is 9.47. The van der Waals surface area contributed by atoms with Gasteiger partial charge in [0.05, 0.1) is 0 Å². The third kappa shape index (κ3) is 1.18. The van der Waals surface area contributed by atoms with E-state index in [-0.39, 0.29) is 0 Å². The van der Waals surface area contributed by atoms with Gasteiger partial charge in [0.2, 0.25) is 0 Å². The summed E-state index contributed by atoms with van der Waals surface area (Å²) in [5.74, 6) is 0.836. The van der Waals surface area contributed by atoms with Crippen molar-refractivity contribution in [1.82, 2.24) is 24.6 Å². The van der Waals surface area contributed by atoms with Crippen molar-refractivity contribution in [2.45, 2.75) is 13.3 Å². The molecule has 5 nitrogen and oxygen atoms in total. The molecule has 0 N–H and O–H groups in total. The van der Waals surface area contributed by atoms with Gasteiger partial charge in [0, 0.05) is 12.6 Å². The van der Waals surface area contributed by atoms with Crippen LogP contribution in [0.3, 0.4) is 0 Å². The Morgan fingerprint density at radius 1 is 1.31 bits per heavy atom. The average Bonchev–Trinajstić information content (AvgIpc) is 2.74. The fourth-order valence-electron chi connectivity index (χ4n) is 1.71. The second kappa shape index (κ2) is 3.38. The molecule has 3 rings (SSSR count). The van der Waals surface area contributed by atoms with E-state index in [1.54, 1.807) is 6.20 Å². The molecule has 0 aromatic carbocycles. The third-order valence-corrected chi connectivity index (χ3v) is 2.68. The van der Waals surface area contributed by atoms with E-state index < -0.39 is 0 Å². The Kier molecular flexibility index (Phi) is 2.00. The summed E-state index contributed by atoms with van der Waals surface area (Å²) in [7, 11) is 0. The number of aromatic nitrogens is 5. The Labute approximate surface area is 96.1 Å². The van der Waals surface area contributed by atoms with Gasteiger partial charge in [-0.15, -0.1) is 10.2 Å². The highest BCUT2D eigenvalue weighted by Gasteiger charge is 2.12. The molecule has 80 valence electrons. The van der Waals surface area contributed by atoms with Crippen LogP contribution in [0.2, 0.25) is 5.15 Å². The minimum absolute atomic E-state index is 0.354. The third-order valence-electron chi connectivity index (χ3n) is 2.43. The summed E-state index contributed by atoms with van der Waals surface area (Å²) in [5.41, 5.74) is 2.04. The minimum atomic E-state index is 0.354. The number of halogens is 1. The van der Waals surface area contributed by atoms with Crippen LogP contribution in [-0.2, 0) is 6.42 Å². The van der Waals surface area contributed by atoms with Crippen LogP contribution in [0.5, 0.6) is 0 Å². The zero-order chi connectivity index (χ0) is 11.1. The summed E-state index contributed by atoms with van der Waals surface area (Å²) >= 11 is 6.04. The molecule has 3 aromatic heterocycles. The van der Waals surface area contributed by atoms with Crippen LogP contribution in [0.25, 0.3) is 16.8 Å². The SMILES string of the molecule is CCc1nnc2c(Cl)nc3cccnc3n12. The summed E-state index contributed by atoms with van der Waals surface area (Å²) in [4.78, 5) is 8.52. The van der Waals surface area contributed by atoms with Crippen molar-refractivity contribution in [1.29, 1.82) is 0 Å². The molecule has 3 aromatic rings. The number of aryl methyl sites for hydroxylation is 1. The first-order chi connectivity index (χ1) is 7.81. The summed E-state index contributed by atoms with van der Waals surface area (Å²) in [6.07, 6.45) is 2.49. The van der Waals surface area contributed by atoms with Crippen LogP contribution < -0.4 is 0 Å². The molecule has 3 heterocycles. The van der Waals surface area contributed by atoms with Gasteiger partial charge in [-0.2, -0.15) is 0 Å². The molecule has 0 atom stereocenters. The van der Waals surface area contributed by atoms with Gasteiger partial charge >= 0.3 is 0 Å². The fourth-order valence-corrected chi connectivity index (χ4v) is 1.92. The first-order valence-corrected chi connectivity index (χ1v) is 5.33. The van der Waals surface area contributed by atoms with Crippen molar-refractivity contribution in [2.24, 2.45) is 0 Å². The topological polar surface area (TPSA) is 56.0 Å². The minimum Gasteiger partial charge on any atom is -0.258 e. The molecular weight excluding hydrogens is 226 g/mol. The molecule has 0 spiro atoms. The maximum atomic E-state index is 6.04. The summed E-state index contributed by atoms with van der Waals surface area (Å²) in [5, 5.41) is 8.45. The molecule has 0 unspecified atom stereocenters. The highest BCUT2D eigenvalue weighted by molar-refractivity contribution is 6.32. The van der Waals surface area contributed by atoms with Crippen LogP contribution in [0.15, 0.2) is 18.3 Å². The van der Waals surface area contributed by atoms with Gasteiger partial charge in [-0.3, -0.25) is 4.40 Å². The predicted molar refractivity (Wildman–Crippen MR) is 60.5 cm³/mol. The van der Waals surface area contributed by atoms with E-state index in [2.05, 4.69) is 20.2 Å². The lowest BCUT2D eigenvalue weighted by Crippen LogP contribution is -1.98. The summed E-state index contributed by atoms with van der Waals surface area (Å²) in [6.45, 7) is 2.01. The molecule has 0 saturated heterocycles. The van der Waals surface area contributed by atoms with E-state index in [1.807, 2.05) is 23.5 Å². The second-order valence-electron chi connectivity index (χ2n) is 3.38. The Bertz CT molecular complexity index is 675. The van der Waals surface area contributed by atoms with E-state index in [1.165, 1.54) is 0 Å². The van der Waals surface area contributed by atoms with E-state index in [0.29, 0.717) is 10.8 Å². The van der Waals surface area contributed by atoms with Crippen molar-refractivity contribution < 1.29 is 0 Å². The number of rotatable bonds is 1. The lowest BCUT2D eigenvalue weighted by molar-refractivity contribution is 0.916. The van der Waals surface area contributed by atoms with Gasteiger partial charge in [-0.25, -0.2) is 9.97 Å². The molecule has 0 radical (unpaired) electrons. The summed E-state index contributed by atoms with van der Waals surface area (Å²) < 4.78 is 1.85. The van der Waals surface area contributed by atoms with E-state index in [9.17, 15) is 0 Å². The largest absolute Gasteiger partial charge is 0.258 e. The fraction of sp³-hybridized carbons (Fsp3) is 0.200. The van der Waals surface area contributed by atoms with E-state index >= 15 is 0 Å². The zero-order valence-corrected chi connectivity index (χ0v) is 9.31. The normalized spacial score (nSPS) is 11.4. The smallest absolute Gasteiger partial charge is 0.200 e. The summed E-state index contributed by atoms with van der Waals surface area (Å²) in [6, 6.07) is 3.70. The highest BCUT2D eigenvalue weighted by atomic mass is 35.5. The zero-order valence-electron chi connectivity index (χ0n) is 8.55. The number of hydrogen-bond acceptors (Lipinski definition) is 4. The van der Waals surface area contributed by atoms with Gasteiger partial charge < -0.3 is 0 Å². The molecule has 6 heteroatoms. The van der Waals surface area contributed by atoms with Crippen LogP contribution in [0, 0.1) is 0 Å². The molecule has 0 amide bonds. The second-order valence-corrected chi connectivity index (χ2v) is 3.74. The Morgan fingerprint density at radius 2 is 2.19 bits per heavy atom. The number of pyridine rings is 1. The van der Waals surface area contributed by atoms with Crippen LogP contribution in [-0.4, -0.2) is 24.6 Å². The van der Waals surface area contributed by atoms with Crippen molar-refractivity contribution in [3.63, 3.8) is 0 Å². The lowest BCUT2D eigenvalue weighted by atomic mass is 10.4. The van der Waals surface area contributed by atoms with Crippen LogP contribution >= 0.6 is 11.6 Å². The van der Waals surface area contributed by atoms with Crippen LogP contribution in [0.1, 0.15) is 12.7 Å². The van der Waals surface area contributed by atoms with E-state index in [4.69, 9.17) is 11.6 Å². The molecule has 0 aliphatic rings. The molecule has 0 fully saturated rings. The van der Waals surface area contributed by atoms with Crippen LogP contribution in [0.4, 0.5) is 0 Å². The predicted octanol–water partition coefficient (Wildman–Crippen LogP) is 1.89.